The number of nitrogens with one attached hydrogen (secondary N) is 2. The number of nitrogens with two attached hydrogens (primary N) is 1. The van der Waals surface area contributed by atoms with E-state index in [-0.39, 0.29) is 34.4 Å². The van der Waals surface area contributed by atoms with Gasteiger partial charge < -0.3 is 21.1 Å². The van der Waals surface area contributed by atoms with Crippen LogP contribution in [0.4, 0.5) is 20.2 Å². The molecular weight excluding hydrogens is 555 g/mol. The van der Waals surface area contributed by atoms with Crippen LogP contribution in [-0.2, 0) is 9.84 Å². The monoisotopic (exact) mass is 579 g/mol. The minimum atomic E-state index is -3.71. The van der Waals surface area contributed by atoms with Gasteiger partial charge in [0, 0.05) is 22.1 Å². The van der Waals surface area contributed by atoms with Crippen LogP contribution in [-0.4, -0.2) is 38.6 Å². The molecule has 0 bridgehead atoms. The fraction of sp³-hybridized carbons (Fsp3) is 0.381. The number of carbonyl (C=O) groups excluding carboxylic acids is 1. The fourth-order valence-electron chi connectivity index (χ4n) is 3.63. The van der Waals surface area contributed by atoms with Gasteiger partial charge in [0.1, 0.15) is 22.9 Å². The van der Waals surface area contributed by atoms with E-state index in [1.165, 1.54) is 19.1 Å². The maximum absolute atomic E-state index is 14.5. The van der Waals surface area contributed by atoms with E-state index < -0.39 is 32.8 Å². The molecule has 0 aliphatic carbocycles. The number of rotatable bonds is 8. The van der Waals surface area contributed by atoms with E-state index in [1.807, 2.05) is 22.6 Å². The predicted molar refractivity (Wildman–Crippen MR) is 127 cm³/mol. The minimum absolute atomic E-state index is 0.00123. The summed E-state index contributed by atoms with van der Waals surface area (Å²) in [6.07, 6.45) is 1.35. The second kappa shape index (κ2) is 10.3. The molecule has 1 aliphatic heterocycles. The van der Waals surface area contributed by atoms with Crippen molar-refractivity contribution in [3.8, 4) is 5.75 Å². The van der Waals surface area contributed by atoms with Crippen molar-refractivity contribution in [2.75, 3.05) is 24.2 Å². The van der Waals surface area contributed by atoms with Crippen molar-refractivity contribution in [2.24, 2.45) is 11.7 Å². The normalized spacial score (nSPS) is 17.6. The number of carbonyl (C=O) groups is 1. The molecule has 0 radical (unpaired) electrons. The summed E-state index contributed by atoms with van der Waals surface area (Å²) in [6, 6.07) is 6.24. The van der Waals surface area contributed by atoms with Crippen LogP contribution in [0.5, 0.6) is 5.75 Å². The molecule has 1 saturated heterocycles. The molecule has 2 aromatic carbocycles. The second-order valence-electron chi connectivity index (χ2n) is 7.48. The van der Waals surface area contributed by atoms with E-state index in [2.05, 4.69) is 10.6 Å². The summed E-state index contributed by atoms with van der Waals surface area (Å²) < 4.78 is 60.9. The first kappa shape index (κ1) is 24.6. The number of amides is 1. The van der Waals surface area contributed by atoms with Crippen LogP contribution in [0.15, 0.2) is 30.3 Å². The zero-order valence-corrected chi connectivity index (χ0v) is 20.3. The maximum Gasteiger partial charge on any atom is 0.254 e. The third-order valence-electron chi connectivity index (χ3n) is 5.23. The van der Waals surface area contributed by atoms with Crippen molar-refractivity contribution in [1.29, 1.82) is 0 Å². The third-order valence-corrected chi connectivity index (χ3v) is 7.90. The van der Waals surface area contributed by atoms with Gasteiger partial charge in [0.05, 0.1) is 17.1 Å². The molecule has 0 aromatic heterocycles. The van der Waals surface area contributed by atoms with E-state index in [0.29, 0.717) is 16.5 Å². The average molecular weight is 579 g/mol. The van der Waals surface area contributed by atoms with Gasteiger partial charge in [-0.2, -0.15) is 0 Å². The first-order valence-electron chi connectivity index (χ1n) is 10.1. The number of benzene rings is 2. The zero-order valence-electron chi connectivity index (χ0n) is 17.3. The van der Waals surface area contributed by atoms with Gasteiger partial charge >= 0.3 is 0 Å². The quantitative estimate of drug-likeness (QED) is 0.413. The summed E-state index contributed by atoms with van der Waals surface area (Å²) in [5.74, 6) is -3.26. The topological polar surface area (TPSA) is 111 Å². The highest BCUT2D eigenvalue weighted by molar-refractivity contribution is 14.1. The predicted octanol–water partition coefficient (Wildman–Crippen LogP) is 3.55. The molecule has 7 nitrogen and oxygen atoms in total. The fourth-order valence-corrected chi connectivity index (χ4v) is 5.48. The van der Waals surface area contributed by atoms with Gasteiger partial charge in [0.2, 0.25) is 5.44 Å². The Morgan fingerprint density at radius 3 is 2.66 bits per heavy atom. The van der Waals surface area contributed by atoms with Gasteiger partial charge in [-0.3, -0.25) is 4.79 Å². The minimum Gasteiger partial charge on any atom is -0.473 e. The molecule has 2 atom stereocenters. The van der Waals surface area contributed by atoms with E-state index in [9.17, 15) is 22.0 Å². The number of primary amides is 1. The first-order chi connectivity index (χ1) is 15.1. The summed E-state index contributed by atoms with van der Waals surface area (Å²) in [4.78, 5) is 12.3. The van der Waals surface area contributed by atoms with E-state index >= 15 is 0 Å². The second-order valence-corrected chi connectivity index (χ2v) is 11.1. The number of piperidine rings is 1. The number of ether oxygens (including phenoxy) is 1. The Morgan fingerprint density at radius 2 is 2.06 bits per heavy atom. The third kappa shape index (κ3) is 5.67. The molecule has 11 heteroatoms. The zero-order chi connectivity index (χ0) is 23.5. The lowest BCUT2D eigenvalue weighted by molar-refractivity contribution is 0.0992. The lowest BCUT2D eigenvalue weighted by Crippen LogP contribution is -2.44. The van der Waals surface area contributed by atoms with Gasteiger partial charge in [-0.25, -0.2) is 17.2 Å². The van der Waals surface area contributed by atoms with Gasteiger partial charge in [-0.05, 0) is 66.2 Å². The molecule has 32 heavy (non-hydrogen) atoms. The lowest BCUT2D eigenvalue weighted by Gasteiger charge is -2.31. The summed E-state index contributed by atoms with van der Waals surface area (Å²) in [7, 11) is -3.71. The highest BCUT2D eigenvalue weighted by Gasteiger charge is 2.36. The summed E-state index contributed by atoms with van der Waals surface area (Å²) in [6.45, 7) is 2.66. The standard InChI is InChI=1S/C21H24F2IN3O4S/c1-2-32(29,30)21(12-4-3-7-26-11-12)31-18-9-13(22)8-17(19(18)20(25)28)27-16-6-5-14(24)10-15(16)23/h5-6,8-10,12,21,26-27H,2-4,7,11H2,1H3,(H2,25,28). The molecule has 2 aromatic rings. The Bertz CT molecular complexity index is 1110. The molecule has 1 fully saturated rings. The van der Waals surface area contributed by atoms with Gasteiger partial charge in [-0.15, -0.1) is 0 Å². The molecular formula is C21H24F2IN3O4S. The Balaban J connectivity index is 2.05. The average Bonchev–Trinajstić information content (AvgIpc) is 2.74. The van der Waals surface area contributed by atoms with Crippen LogP contribution in [0.2, 0.25) is 0 Å². The number of hydrogen-bond acceptors (Lipinski definition) is 6. The van der Waals surface area contributed by atoms with Crippen molar-refractivity contribution in [3.63, 3.8) is 0 Å². The summed E-state index contributed by atoms with van der Waals surface area (Å²) in [5, 5.41) is 5.81. The van der Waals surface area contributed by atoms with Gasteiger partial charge in [-0.1, -0.05) is 6.92 Å². The van der Waals surface area contributed by atoms with Gasteiger partial charge in [0.25, 0.3) is 5.91 Å². The van der Waals surface area contributed by atoms with Crippen LogP contribution in [0, 0.1) is 21.1 Å². The maximum atomic E-state index is 14.5. The lowest BCUT2D eigenvalue weighted by atomic mass is 10.0. The number of sulfone groups is 1. The van der Waals surface area contributed by atoms with Crippen molar-refractivity contribution < 1.29 is 26.7 Å². The molecule has 1 aliphatic rings. The smallest absolute Gasteiger partial charge is 0.254 e. The van der Waals surface area contributed by atoms with Gasteiger partial charge in [0.15, 0.2) is 9.84 Å². The SMILES string of the molecule is CCS(=O)(=O)C(Oc1cc(F)cc(Nc2ccc(I)cc2F)c1C(N)=O)C1CCCNC1. The number of hydrogen-bond donors (Lipinski definition) is 3. The van der Waals surface area contributed by atoms with Crippen LogP contribution >= 0.6 is 22.6 Å². The van der Waals surface area contributed by atoms with Crippen molar-refractivity contribution in [2.45, 2.75) is 25.2 Å². The Labute approximate surface area is 199 Å². The number of anilines is 2. The molecule has 0 spiro atoms. The summed E-state index contributed by atoms with van der Waals surface area (Å²) in [5.41, 5.74) is 3.87. The molecule has 1 amide bonds. The molecule has 0 saturated carbocycles. The van der Waals surface area contributed by atoms with Crippen molar-refractivity contribution >= 4 is 49.7 Å². The van der Waals surface area contributed by atoms with Crippen LogP contribution in [0.1, 0.15) is 30.1 Å². The van der Waals surface area contributed by atoms with Crippen LogP contribution < -0.4 is 21.1 Å². The number of halogens is 3. The van der Waals surface area contributed by atoms with Crippen LogP contribution in [0.25, 0.3) is 0 Å². The molecule has 3 rings (SSSR count). The highest BCUT2D eigenvalue weighted by atomic mass is 127. The van der Waals surface area contributed by atoms with E-state index in [1.54, 1.807) is 6.07 Å². The Morgan fingerprint density at radius 1 is 1.31 bits per heavy atom. The Hall–Kier alpha value is -1.99. The molecule has 174 valence electrons. The van der Waals surface area contributed by atoms with E-state index in [4.69, 9.17) is 10.5 Å². The Kier molecular flexibility index (Phi) is 7.93. The van der Waals surface area contributed by atoms with E-state index in [0.717, 1.165) is 25.1 Å². The highest BCUT2D eigenvalue weighted by Crippen LogP contribution is 2.34. The van der Waals surface area contributed by atoms with Crippen molar-refractivity contribution in [3.05, 3.63) is 51.1 Å². The molecule has 4 N–H and O–H groups in total. The molecule has 2 unspecified atom stereocenters. The molecule has 1 heterocycles. The van der Waals surface area contributed by atoms with Crippen molar-refractivity contribution in [1.82, 2.24) is 5.32 Å². The summed E-state index contributed by atoms with van der Waals surface area (Å²) >= 11 is 1.94. The van der Waals surface area contributed by atoms with Crippen LogP contribution in [0.3, 0.4) is 0 Å². The first-order valence-corrected chi connectivity index (χ1v) is 12.9. The largest absolute Gasteiger partial charge is 0.473 e.